The third-order valence-corrected chi connectivity index (χ3v) is 6.52. The number of amides is 3. The summed E-state index contributed by atoms with van der Waals surface area (Å²) in [6, 6.07) is 2.41. The first-order chi connectivity index (χ1) is 18.0. The quantitative estimate of drug-likeness (QED) is 0.128. The number of phenolic OH excluding ortho intramolecular Hbond substituents is 1. The number of phenols is 1. The van der Waals surface area contributed by atoms with Gasteiger partial charge in [-0.2, -0.15) is 11.8 Å². The number of rotatable bonds is 18. The average molecular weight is 554 g/mol. The molecule has 0 radical (unpaired) electrons. The lowest BCUT2D eigenvalue weighted by atomic mass is 10.0. The Kier molecular flexibility index (Phi) is 15.4. The van der Waals surface area contributed by atoms with Crippen molar-refractivity contribution in [3.05, 3.63) is 29.8 Å². The zero-order valence-electron chi connectivity index (χ0n) is 22.4. The van der Waals surface area contributed by atoms with Gasteiger partial charge in [-0.3, -0.25) is 14.4 Å². The first-order valence-electron chi connectivity index (χ1n) is 12.8. The fourth-order valence-electron chi connectivity index (χ4n) is 3.76. The molecule has 0 aliphatic rings. The van der Waals surface area contributed by atoms with E-state index in [1.54, 1.807) is 12.1 Å². The molecule has 1 rings (SSSR count). The van der Waals surface area contributed by atoms with Gasteiger partial charge in [-0.25, -0.2) is 4.79 Å². The molecule has 3 amide bonds. The highest BCUT2D eigenvalue weighted by atomic mass is 32.2. The minimum atomic E-state index is -1.15. The van der Waals surface area contributed by atoms with Crippen molar-refractivity contribution in [2.24, 2.45) is 17.4 Å². The van der Waals surface area contributed by atoms with Crippen molar-refractivity contribution in [2.45, 2.75) is 76.5 Å². The highest BCUT2D eigenvalue weighted by Gasteiger charge is 2.30. The van der Waals surface area contributed by atoms with E-state index < -0.39 is 47.9 Å². The summed E-state index contributed by atoms with van der Waals surface area (Å²) in [4.78, 5) is 50.7. The van der Waals surface area contributed by atoms with Gasteiger partial charge in [-0.05, 0) is 80.7 Å². The van der Waals surface area contributed by atoms with Crippen LogP contribution in [0.4, 0.5) is 0 Å². The van der Waals surface area contributed by atoms with Gasteiger partial charge in [-0.15, -0.1) is 0 Å². The number of benzene rings is 1. The van der Waals surface area contributed by atoms with Crippen molar-refractivity contribution < 1.29 is 29.4 Å². The number of nitrogens with one attached hydrogen (secondary N) is 3. The van der Waals surface area contributed by atoms with Crippen molar-refractivity contribution >= 4 is 35.5 Å². The van der Waals surface area contributed by atoms with Crippen LogP contribution in [0.2, 0.25) is 0 Å². The molecule has 0 spiro atoms. The molecule has 0 aliphatic heterocycles. The van der Waals surface area contributed by atoms with Gasteiger partial charge in [0.1, 0.15) is 23.9 Å². The SMILES string of the molecule is CSCCC(NC(=O)C(N)Cc1ccc(O)cc1)C(=O)NC(CC(C)C)C(=O)NC(CCCCN)C(=O)O. The lowest BCUT2D eigenvalue weighted by Crippen LogP contribution is -2.57. The number of carboxylic acids is 1. The van der Waals surface area contributed by atoms with Crippen molar-refractivity contribution in [3.8, 4) is 5.75 Å². The third kappa shape index (κ3) is 12.6. The molecule has 0 saturated heterocycles. The second kappa shape index (κ2) is 17.6. The summed E-state index contributed by atoms with van der Waals surface area (Å²) in [5, 5.41) is 26.9. The van der Waals surface area contributed by atoms with Crippen molar-refractivity contribution in [3.63, 3.8) is 0 Å². The summed E-state index contributed by atoms with van der Waals surface area (Å²) in [5.74, 6) is -2.09. The van der Waals surface area contributed by atoms with E-state index in [1.165, 1.54) is 23.9 Å². The van der Waals surface area contributed by atoms with Crippen LogP contribution in [0.3, 0.4) is 0 Å². The minimum Gasteiger partial charge on any atom is -0.508 e. The number of unbranched alkanes of at least 4 members (excludes halogenated alkanes) is 1. The second-order valence-electron chi connectivity index (χ2n) is 9.69. The van der Waals surface area contributed by atoms with E-state index >= 15 is 0 Å². The highest BCUT2D eigenvalue weighted by molar-refractivity contribution is 7.98. The standard InChI is InChI=1S/C26H43N5O6S/c1-16(2)14-22(25(35)30-21(26(36)37)6-4-5-12-27)31-24(34)20(11-13-38-3)29-23(33)19(28)15-17-7-9-18(32)10-8-17/h7-10,16,19-22,32H,4-6,11-15,27-28H2,1-3H3,(H,29,33)(H,30,35)(H,31,34)(H,36,37). The molecular formula is C26H43N5O6S. The largest absolute Gasteiger partial charge is 0.508 e. The van der Waals surface area contributed by atoms with E-state index in [0.29, 0.717) is 31.6 Å². The molecular weight excluding hydrogens is 510 g/mol. The maximum atomic E-state index is 13.2. The van der Waals surface area contributed by atoms with E-state index in [1.807, 2.05) is 20.1 Å². The Balaban J connectivity index is 2.92. The van der Waals surface area contributed by atoms with Crippen molar-refractivity contribution in [1.29, 1.82) is 0 Å². The predicted molar refractivity (Wildman–Crippen MR) is 149 cm³/mol. The van der Waals surface area contributed by atoms with Crippen LogP contribution in [0.25, 0.3) is 0 Å². The Labute approximate surface area is 228 Å². The number of hydrogen-bond donors (Lipinski definition) is 7. The molecule has 0 aromatic heterocycles. The Hall–Kier alpha value is -2.83. The molecule has 9 N–H and O–H groups in total. The van der Waals surface area contributed by atoms with Gasteiger partial charge in [0.15, 0.2) is 0 Å². The van der Waals surface area contributed by atoms with E-state index in [-0.39, 0.29) is 30.9 Å². The van der Waals surface area contributed by atoms with E-state index in [4.69, 9.17) is 11.5 Å². The summed E-state index contributed by atoms with van der Waals surface area (Å²) in [5.41, 5.74) is 12.3. The molecule has 12 heteroatoms. The first kappa shape index (κ1) is 33.2. The average Bonchev–Trinajstić information content (AvgIpc) is 2.86. The summed E-state index contributed by atoms with van der Waals surface area (Å²) in [6.45, 7) is 4.20. The molecule has 1 aromatic rings. The van der Waals surface area contributed by atoms with E-state index in [2.05, 4.69) is 16.0 Å². The number of aromatic hydroxyl groups is 1. The number of nitrogens with two attached hydrogens (primary N) is 2. The molecule has 0 aliphatic carbocycles. The van der Waals surface area contributed by atoms with Gasteiger partial charge < -0.3 is 37.6 Å². The Bertz CT molecular complexity index is 899. The Morgan fingerprint density at radius 2 is 1.47 bits per heavy atom. The van der Waals surface area contributed by atoms with Crippen LogP contribution < -0.4 is 27.4 Å². The normalized spacial score (nSPS) is 14.3. The minimum absolute atomic E-state index is 0.0320. The fourth-order valence-corrected chi connectivity index (χ4v) is 4.23. The maximum absolute atomic E-state index is 13.2. The maximum Gasteiger partial charge on any atom is 0.326 e. The lowest BCUT2D eigenvalue weighted by Gasteiger charge is -2.26. The molecule has 4 atom stereocenters. The van der Waals surface area contributed by atoms with Gasteiger partial charge in [0, 0.05) is 0 Å². The Morgan fingerprint density at radius 3 is 2.03 bits per heavy atom. The van der Waals surface area contributed by atoms with Gasteiger partial charge in [0.05, 0.1) is 6.04 Å². The van der Waals surface area contributed by atoms with Crippen LogP contribution in [0.5, 0.6) is 5.75 Å². The Morgan fingerprint density at radius 1 is 0.895 bits per heavy atom. The molecule has 0 bridgehead atoms. The molecule has 0 saturated carbocycles. The summed E-state index contributed by atoms with van der Waals surface area (Å²) in [6.07, 6.45) is 4.10. The highest BCUT2D eigenvalue weighted by Crippen LogP contribution is 2.12. The van der Waals surface area contributed by atoms with E-state index in [0.717, 1.165) is 5.56 Å². The molecule has 0 heterocycles. The van der Waals surface area contributed by atoms with Crippen LogP contribution in [0.1, 0.15) is 51.5 Å². The van der Waals surface area contributed by atoms with Crippen LogP contribution >= 0.6 is 11.8 Å². The van der Waals surface area contributed by atoms with Crippen molar-refractivity contribution in [1.82, 2.24) is 16.0 Å². The second-order valence-corrected chi connectivity index (χ2v) is 10.7. The zero-order chi connectivity index (χ0) is 28.7. The number of aliphatic carboxylic acids is 1. The first-order valence-corrected chi connectivity index (χ1v) is 14.2. The number of thioether (sulfide) groups is 1. The van der Waals surface area contributed by atoms with Crippen LogP contribution in [-0.4, -0.2) is 76.6 Å². The van der Waals surface area contributed by atoms with Gasteiger partial charge in [0.25, 0.3) is 0 Å². The van der Waals surface area contributed by atoms with Gasteiger partial charge in [-0.1, -0.05) is 26.0 Å². The fraction of sp³-hybridized carbons (Fsp3) is 0.615. The lowest BCUT2D eigenvalue weighted by molar-refractivity contribution is -0.142. The number of carbonyl (C=O) groups excluding carboxylic acids is 3. The molecule has 214 valence electrons. The van der Waals surface area contributed by atoms with Crippen molar-refractivity contribution in [2.75, 3.05) is 18.6 Å². The third-order valence-electron chi connectivity index (χ3n) is 5.87. The van der Waals surface area contributed by atoms with E-state index in [9.17, 15) is 29.4 Å². The van der Waals surface area contributed by atoms with Gasteiger partial charge in [0.2, 0.25) is 17.7 Å². The smallest absolute Gasteiger partial charge is 0.326 e. The van der Waals surface area contributed by atoms with Gasteiger partial charge >= 0.3 is 5.97 Å². The predicted octanol–water partition coefficient (Wildman–Crippen LogP) is 0.729. The van der Waals surface area contributed by atoms with Crippen LogP contribution in [0.15, 0.2) is 24.3 Å². The summed E-state index contributed by atoms with van der Waals surface area (Å²) >= 11 is 1.50. The van der Waals surface area contributed by atoms with Crippen LogP contribution in [0, 0.1) is 5.92 Å². The topological polar surface area (TPSA) is 197 Å². The monoisotopic (exact) mass is 553 g/mol. The number of hydrogen-bond acceptors (Lipinski definition) is 8. The zero-order valence-corrected chi connectivity index (χ0v) is 23.3. The summed E-state index contributed by atoms with van der Waals surface area (Å²) < 4.78 is 0. The van der Waals surface area contributed by atoms with Crippen LogP contribution in [-0.2, 0) is 25.6 Å². The molecule has 4 unspecified atom stereocenters. The number of carboxylic acid groups (broad SMARTS) is 1. The molecule has 1 aromatic carbocycles. The number of carbonyl (C=O) groups is 4. The molecule has 11 nitrogen and oxygen atoms in total. The molecule has 0 fully saturated rings. The summed E-state index contributed by atoms with van der Waals surface area (Å²) in [7, 11) is 0. The molecule has 38 heavy (non-hydrogen) atoms.